The average molecular weight is 376 g/mol. The number of rotatable bonds is 2. The summed E-state index contributed by atoms with van der Waals surface area (Å²) in [4.78, 5) is 14.4. The van der Waals surface area contributed by atoms with Gasteiger partial charge in [0.15, 0.2) is 0 Å². The molecule has 0 aliphatic carbocycles. The molecule has 0 saturated heterocycles. The molecule has 100 valence electrons. The molecule has 0 unspecified atom stereocenters. The summed E-state index contributed by atoms with van der Waals surface area (Å²) in [6.07, 6.45) is 0. The van der Waals surface area contributed by atoms with Crippen LogP contribution in [-0.4, -0.2) is 4.92 Å². The Morgan fingerprint density at radius 2 is 1.79 bits per heavy atom. The van der Waals surface area contributed by atoms with Gasteiger partial charge in [0.1, 0.15) is 19.1 Å². The fraction of sp³-hybridized carbons (Fsp3) is 0. The Kier molecular flexibility index (Phi) is 4.70. The molecule has 0 saturated carbocycles. The second-order valence-corrected chi connectivity index (χ2v) is 7.11. The summed E-state index contributed by atoms with van der Waals surface area (Å²) in [6, 6.07) is 2.46. The van der Waals surface area contributed by atoms with Gasteiger partial charge in [-0.1, -0.05) is 67.1 Å². The molecule has 0 aliphatic rings. The molecule has 0 amide bonds. The summed E-state index contributed by atoms with van der Waals surface area (Å²) < 4.78 is 0.847. The predicted octanol–water partition coefficient (Wildman–Crippen LogP) is 5.56. The first-order valence-electron chi connectivity index (χ1n) is 4.52. The minimum Gasteiger partial charge on any atom is -0.258 e. The lowest BCUT2D eigenvalue weighted by Crippen LogP contribution is -1.94. The molecule has 0 atom stereocenters. The van der Waals surface area contributed by atoms with Gasteiger partial charge in [-0.05, 0) is 6.07 Å². The molecule has 1 aromatic heterocycles. The van der Waals surface area contributed by atoms with Crippen LogP contribution in [0.2, 0.25) is 19.4 Å². The third-order valence-electron chi connectivity index (χ3n) is 1.99. The van der Waals surface area contributed by atoms with E-state index in [1.807, 2.05) is 0 Å². The Morgan fingerprint density at radius 3 is 2.32 bits per heavy atom. The van der Waals surface area contributed by atoms with Crippen LogP contribution in [0.25, 0.3) is 0 Å². The number of hydrogen-bond acceptors (Lipinski definition) is 5. The van der Waals surface area contributed by atoms with Crippen LogP contribution in [0.1, 0.15) is 0 Å². The molecule has 0 aliphatic heterocycles. The van der Waals surface area contributed by atoms with Gasteiger partial charge in [-0.3, -0.25) is 10.1 Å². The van der Waals surface area contributed by atoms with Crippen LogP contribution in [0.15, 0.2) is 17.1 Å². The topological polar surface area (TPSA) is 55.5 Å². The van der Waals surface area contributed by atoms with E-state index in [1.54, 1.807) is 0 Å². The van der Waals surface area contributed by atoms with Gasteiger partial charge >= 0.3 is 0 Å². The van der Waals surface area contributed by atoms with E-state index in [1.165, 1.54) is 32.8 Å². The molecule has 1 heterocycles. The number of halogens is 4. The molecule has 2 aromatic rings. The second kappa shape index (κ2) is 5.95. The van der Waals surface area contributed by atoms with Crippen LogP contribution in [0.4, 0.5) is 11.4 Å². The molecule has 1 aromatic carbocycles. The quantitative estimate of drug-likeness (QED) is 0.391. The van der Waals surface area contributed by atoms with Crippen molar-refractivity contribution in [2.75, 3.05) is 0 Å². The maximum atomic E-state index is 10.8. The van der Waals surface area contributed by atoms with Gasteiger partial charge < -0.3 is 0 Å². The first-order valence-corrected chi connectivity index (χ1v) is 8.18. The third kappa shape index (κ3) is 3.21. The van der Waals surface area contributed by atoms with Crippen LogP contribution in [0, 0.1) is 10.1 Å². The lowest BCUT2D eigenvalue weighted by molar-refractivity contribution is -0.384. The third-order valence-corrected chi connectivity index (χ3v) is 6.09. The van der Waals surface area contributed by atoms with E-state index in [0.717, 1.165) is 0 Å². The number of nitrogens with zero attached hydrogens (tertiary/aromatic N) is 2. The Bertz CT molecular complexity index is 725. The number of hydrogen-bond donors (Lipinski definition) is 0. The van der Waals surface area contributed by atoms with Crippen LogP contribution in [-0.2, 0) is 0 Å². The largest absolute Gasteiger partial charge is 0.290 e. The van der Waals surface area contributed by atoms with Gasteiger partial charge in [-0.2, -0.15) is 0 Å². The Hall–Kier alpha value is -0.370. The van der Waals surface area contributed by atoms with E-state index in [9.17, 15) is 10.1 Å². The highest BCUT2D eigenvalue weighted by atomic mass is 35.5. The Balaban J connectivity index is 2.64. The van der Waals surface area contributed by atoms with Crippen molar-refractivity contribution in [2.24, 2.45) is 4.99 Å². The smallest absolute Gasteiger partial charge is 0.258 e. The van der Waals surface area contributed by atoms with Crippen molar-refractivity contribution in [2.45, 2.75) is 0 Å². The van der Waals surface area contributed by atoms with E-state index >= 15 is 0 Å². The van der Waals surface area contributed by atoms with Gasteiger partial charge in [0.05, 0.1) is 15.6 Å². The lowest BCUT2D eigenvalue weighted by atomic mass is 10.3. The standard InChI is InChI=1S/C9H2Cl4N2O2S2/c10-3-1-4(11)6(15(16)17)2-5(3)14-9-7(12)8(13)18-19-9/h1-2H. The van der Waals surface area contributed by atoms with Crippen molar-refractivity contribution in [1.82, 2.24) is 0 Å². The molecule has 0 N–H and O–H groups in total. The highest BCUT2D eigenvalue weighted by molar-refractivity contribution is 7.69. The van der Waals surface area contributed by atoms with Gasteiger partial charge in [0.2, 0.25) is 0 Å². The van der Waals surface area contributed by atoms with Crippen molar-refractivity contribution in [3.63, 3.8) is 0 Å². The molecule has 0 spiro atoms. The summed E-state index contributed by atoms with van der Waals surface area (Å²) in [5.41, 5.74) is -0.0577. The van der Waals surface area contributed by atoms with Crippen LogP contribution >= 0.6 is 67.1 Å². The highest BCUT2D eigenvalue weighted by Gasteiger charge is 2.16. The van der Waals surface area contributed by atoms with Crippen LogP contribution < -0.4 is 4.67 Å². The van der Waals surface area contributed by atoms with E-state index in [-0.39, 0.29) is 21.4 Å². The molecular weight excluding hydrogens is 374 g/mol. The predicted molar refractivity (Wildman–Crippen MR) is 80.6 cm³/mol. The zero-order chi connectivity index (χ0) is 14.2. The molecule has 10 heteroatoms. The maximum absolute atomic E-state index is 10.8. The van der Waals surface area contributed by atoms with Gasteiger partial charge in [-0.15, -0.1) is 0 Å². The number of nitro benzene ring substituents is 1. The first-order chi connectivity index (χ1) is 8.90. The molecule has 0 bridgehead atoms. The van der Waals surface area contributed by atoms with Crippen molar-refractivity contribution < 1.29 is 4.92 Å². The zero-order valence-electron chi connectivity index (χ0n) is 8.69. The monoisotopic (exact) mass is 374 g/mol. The Morgan fingerprint density at radius 1 is 1.11 bits per heavy atom. The maximum Gasteiger partial charge on any atom is 0.290 e. The summed E-state index contributed by atoms with van der Waals surface area (Å²) in [7, 11) is 2.50. The molecule has 4 nitrogen and oxygen atoms in total. The molecule has 19 heavy (non-hydrogen) atoms. The highest BCUT2D eigenvalue weighted by Crippen LogP contribution is 2.36. The van der Waals surface area contributed by atoms with E-state index in [2.05, 4.69) is 4.99 Å². The minimum atomic E-state index is -0.608. The van der Waals surface area contributed by atoms with E-state index < -0.39 is 4.92 Å². The van der Waals surface area contributed by atoms with Crippen molar-refractivity contribution in [1.29, 1.82) is 0 Å². The van der Waals surface area contributed by atoms with Crippen LogP contribution in [0.5, 0.6) is 0 Å². The zero-order valence-corrected chi connectivity index (χ0v) is 13.4. The number of benzene rings is 1. The normalized spacial score (nSPS) is 11.9. The summed E-state index contributed by atoms with van der Waals surface area (Å²) in [5, 5.41) is 11.2. The van der Waals surface area contributed by atoms with Crippen molar-refractivity contribution >= 4 is 78.5 Å². The van der Waals surface area contributed by atoms with Crippen LogP contribution in [0.3, 0.4) is 0 Å². The second-order valence-electron chi connectivity index (χ2n) is 3.18. The average Bonchev–Trinajstić information content (AvgIpc) is 2.64. The molecule has 0 radical (unpaired) electrons. The Labute approximate surface area is 134 Å². The van der Waals surface area contributed by atoms with Gasteiger partial charge in [0, 0.05) is 6.07 Å². The van der Waals surface area contributed by atoms with E-state index in [4.69, 9.17) is 46.4 Å². The van der Waals surface area contributed by atoms with E-state index in [0.29, 0.717) is 14.0 Å². The summed E-state index contributed by atoms with van der Waals surface area (Å²) in [6.45, 7) is 0. The molecular formula is C9H2Cl4N2O2S2. The fourth-order valence-electron chi connectivity index (χ4n) is 1.16. The fourth-order valence-corrected chi connectivity index (χ4v) is 4.40. The van der Waals surface area contributed by atoms with Gasteiger partial charge in [-0.25, -0.2) is 4.99 Å². The number of nitro groups is 1. The first kappa shape index (κ1) is 15.0. The molecule has 0 fully saturated rings. The van der Waals surface area contributed by atoms with Gasteiger partial charge in [0.25, 0.3) is 5.69 Å². The summed E-state index contributed by atoms with van der Waals surface area (Å²) >= 11 is 23.4. The molecule has 2 rings (SSSR count). The van der Waals surface area contributed by atoms with Crippen molar-refractivity contribution in [3.8, 4) is 0 Å². The van der Waals surface area contributed by atoms with Crippen molar-refractivity contribution in [3.05, 3.63) is 46.3 Å². The minimum absolute atomic E-state index is 0.0490. The SMILES string of the molecule is O=[N+]([O-])c1cc(N=c2ssc(Cl)c2Cl)c(Cl)cc1Cl. The summed E-state index contributed by atoms with van der Waals surface area (Å²) in [5.74, 6) is 0. The lowest BCUT2D eigenvalue weighted by Gasteiger charge is -2.00.